The highest BCUT2D eigenvalue weighted by Gasteiger charge is 2.44. The van der Waals surface area contributed by atoms with E-state index in [1.807, 2.05) is 0 Å². The number of hydrogen-bond acceptors (Lipinski definition) is 3. The normalized spacial score (nSPS) is 26.2. The van der Waals surface area contributed by atoms with Gasteiger partial charge < -0.3 is 0 Å². The van der Waals surface area contributed by atoms with Crippen LogP contribution >= 0.6 is 0 Å². The molecule has 1 saturated carbocycles. The van der Waals surface area contributed by atoms with Crippen molar-refractivity contribution in [2.75, 3.05) is 19.6 Å². The van der Waals surface area contributed by atoms with E-state index in [4.69, 9.17) is 4.98 Å². The number of likely N-dealkylation sites (tertiary alicyclic amines) is 1. The zero-order valence-corrected chi connectivity index (χ0v) is 14.2. The molecule has 2 aromatic rings. The predicted molar refractivity (Wildman–Crippen MR) is 95.4 cm³/mol. The summed E-state index contributed by atoms with van der Waals surface area (Å²) in [6.07, 6.45) is 2.56. The van der Waals surface area contributed by atoms with Gasteiger partial charge in [0.1, 0.15) is 0 Å². The quantitative estimate of drug-likeness (QED) is 0.863. The monoisotopic (exact) mass is 319 g/mol. The first-order chi connectivity index (χ1) is 11.8. The van der Waals surface area contributed by atoms with Crippen molar-refractivity contribution in [1.29, 1.82) is 0 Å². The number of fused-ring (bicyclic) bond motifs is 2. The van der Waals surface area contributed by atoms with Gasteiger partial charge in [0.15, 0.2) is 0 Å². The summed E-state index contributed by atoms with van der Waals surface area (Å²) < 4.78 is 0. The molecule has 0 bridgehead atoms. The molecule has 3 heterocycles. The predicted octanol–water partition coefficient (Wildman–Crippen LogP) is 3.09. The van der Waals surface area contributed by atoms with Crippen LogP contribution in [0, 0.1) is 11.8 Å². The van der Waals surface area contributed by atoms with Crippen LogP contribution in [0.1, 0.15) is 28.9 Å². The third-order valence-corrected chi connectivity index (χ3v) is 5.87. The van der Waals surface area contributed by atoms with E-state index in [9.17, 15) is 0 Å². The lowest BCUT2D eigenvalue weighted by Crippen LogP contribution is -2.31. The number of nitrogens with zero attached hydrogens (tertiary/aromatic N) is 3. The van der Waals surface area contributed by atoms with Crippen LogP contribution < -0.4 is 0 Å². The summed E-state index contributed by atoms with van der Waals surface area (Å²) in [6.45, 7) is 6.84. The zero-order chi connectivity index (χ0) is 15.9. The number of pyridine rings is 1. The number of rotatable bonds is 4. The Balaban J connectivity index is 1.24. The Bertz CT molecular complexity index is 717. The second kappa shape index (κ2) is 5.98. The molecule has 1 saturated heterocycles. The largest absolute Gasteiger partial charge is 0.297 e. The Labute approximate surface area is 144 Å². The van der Waals surface area contributed by atoms with Crippen LogP contribution in [-0.4, -0.2) is 34.4 Å². The molecule has 24 heavy (non-hydrogen) atoms. The Morgan fingerprint density at radius 3 is 2.58 bits per heavy atom. The number of hydrogen-bond donors (Lipinski definition) is 0. The van der Waals surface area contributed by atoms with Crippen molar-refractivity contribution in [3.63, 3.8) is 0 Å². The fourth-order valence-corrected chi connectivity index (χ4v) is 4.44. The highest BCUT2D eigenvalue weighted by molar-refractivity contribution is 5.26. The van der Waals surface area contributed by atoms with Crippen LogP contribution in [0.25, 0.3) is 0 Å². The highest BCUT2D eigenvalue weighted by atomic mass is 15.2. The lowest BCUT2D eigenvalue weighted by atomic mass is 10.0. The van der Waals surface area contributed by atoms with Crippen molar-refractivity contribution in [2.45, 2.75) is 32.5 Å². The van der Waals surface area contributed by atoms with Gasteiger partial charge in [-0.15, -0.1) is 0 Å². The van der Waals surface area contributed by atoms with Crippen LogP contribution in [-0.2, 0) is 26.1 Å². The lowest BCUT2D eigenvalue weighted by Gasteiger charge is -2.28. The van der Waals surface area contributed by atoms with Crippen LogP contribution in [0.3, 0.4) is 0 Å². The molecule has 1 aromatic carbocycles. The van der Waals surface area contributed by atoms with E-state index in [0.29, 0.717) is 0 Å². The molecular weight excluding hydrogens is 294 g/mol. The molecule has 1 aromatic heterocycles. The van der Waals surface area contributed by atoms with Crippen LogP contribution in [0.5, 0.6) is 0 Å². The van der Waals surface area contributed by atoms with E-state index in [1.165, 1.54) is 42.0 Å². The first-order valence-corrected chi connectivity index (χ1v) is 9.30. The molecule has 3 heteroatoms. The summed E-state index contributed by atoms with van der Waals surface area (Å²) in [5.74, 6) is 2.02. The molecule has 1 aliphatic carbocycles. The van der Waals surface area contributed by atoms with Crippen LogP contribution in [0.2, 0.25) is 0 Å². The Morgan fingerprint density at radius 2 is 1.75 bits per heavy atom. The average Bonchev–Trinajstić information content (AvgIpc) is 3.22. The maximum atomic E-state index is 4.99. The van der Waals surface area contributed by atoms with Gasteiger partial charge in [-0.2, -0.15) is 0 Å². The molecule has 2 unspecified atom stereocenters. The Morgan fingerprint density at radius 1 is 0.917 bits per heavy atom. The molecular formula is C21H25N3. The number of aromatic nitrogens is 1. The molecule has 124 valence electrons. The fourth-order valence-electron chi connectivity index (χ4n) is 4.44. The standard InChI is InChI=1S/C21H25N3/c1-2-4-16(5-3-1)11-23-9-8-21-17(12-23)6-7-20(22-21)15-24-13-18-10-19(18)14-24/h1-7,18-19H,8-15H2. The van der Waals surface area contributed by atoms with Gasteiger partial charge in [-0.1, -0.05) is 36.4 Å². The molecule has 0 radical (unpaired) electrons. The van der Waals surface area contributed by atoms with Crippen molar-refractivity contribution in [1.82, 2.24) is 14.8 Å². The zero-order valence-electron chi connectivity index (χ0n) is 14.2. The molecule has 3 aliphatic rings. The fraction of sp³-hybridized carbons (Fsp3) is 0.476. The van der Waals surface area contributed by atoms with Crippen LogP contribution in [0.15, 0.2) is 42.5 Å². The van der Waals surface area contributed by atoms with Gasteiger partial charge in [0.25, 0.3) is 0 Å². The maximum absolute atomic E-state index is 4.99. The van der Waals surface area contributed by atoms with Gasteiger partial charge in [-0.25, -0.2) is 0 Å². The van der Waals surface area contributed by atoms with E-state index >= 15 is 0 Å². The highest BCUT2D eigenvalue weighted by Crippen LogP contribution is 2.45. The summed E-state index contributed by atoms with van der Waals surface area (Å²) in [5.41, 5.74) is 5.43. The van der Waals surface area contributed by atoms with E-state index in [1.54, 1.807) is 0 Å². The third kappa shape index (κ3) is 2.99. The lowest BCUT2D eigenvalue weighted by molar-refractivity contribution is 0.242. The summed E-state index contributed by atoms with van der Waals surface area (Å²) in [5, 5.41) is 0. The minimum absolute atomic E-state index is 1.01. The van der Waals surface area contributed by atoms with E-state index in [-0.39, 0.29) is 0 Å². The van der Waals surface area contributed by atoms with Crippen molar-refractivity contribution in [2.24, 2.45) is 11.8 Å². The number of piperidine rings is 1. The summed E-state index contributed by atoms with van der Waals surface area (Å²) in [6, 6.07) is 15.4. The van der Waals surface area contributed by atoms with Crippen molar-refractivity contribution in [3.05, 3.63) is 65.0 Å². The Kier molecular flexibility index (Phi) is 3.64. The molecule has 3 nitrogen and oxygen atoms in total. The molecule has 5 rings (SSSR count). The number of benzene rings is 1. The van der Waals surface area contributed by atoms with Crippen molar-refractivity contribution in [3.8, 4) is 0 Å². The van der Waals surface area contributed by atoms with E-state index in [0.717, 1.165) is 44.4 Å². The van der Waals surface area contributed by atoms with Crippen molar-refractivity contribution >= 4 is 0 Å². The topological polar surface area (TPSA) is 19.4 Å². The molecule has 0 amide bonds. The van der Waals surface area contributed by atoms with Crippen LogP contribution in [0.4, 0.5) is 0 Å². The van der Waals surface area contributed by atoms with E-state index < -0.39 is 0 Å². The van der Waals surface area contributed by atoms with Gasteiger partial charge in [-0.3, -0.25) is 14.8 Å². The Hall–Kier alpha value is -1.71. The summed E-state index contributed by atoms with van der Waals surface area (Å²) in [7, 11) is 0. The first kappa shape index (κ1) is 14.6. The first-order valence-electron chi connectivity index (χ1n) is 9.30. The van der Waals surface area contributed by atoms with Gasteiger partial charge in [0.2, 0.25) is 0 Å². The second-order valence-electron chi connectivity index (χ2n) is 7.80. The molecule has 0 N–H and O–H groups in total. The van der Waals surface area contributed by atoms with Gasteiger partial charge in [-0.05, 0) is 35.4 Å². The van der Waals surface area contributed by atoms with Gasteiger partial charge in [0.05, 0.1) is 5.69 Å². The molecule has 2 fully saturated rings. The maximum Gasteiger partial charge on any atom is 0.0547 e. The van der Waals surface area contributed by atoms with E-state index in [2.05, 4.69) is 52.3 Å². The third-order valence-electron chi connectivity index (χ3n) is 5.87. The van der Waals surface area contributed by atoms with Gasteiger partial charge >= 0.3 is 0 Å². The smallest absolute Gasteiger partial charge is 0.0547 e. The van der Waals surface area contributed by atoms with Crippen molar-refractivity contribution < 1.29 is 0 Å². The molecule has 2 aliphatic heterocycles. The summed E-state index contributed by atoms with van der Waals surface area (Å²) >= 11 is 0. The minimum Gasteiger partial charge on any atom is -0.297 e. The minimum atomic E-state index is 1.01. The second-order valence-corrected chi connectivity index (χ2v) is 7.80. The molecule has 2 atom stereocenters. The van der Waals surface area contributed by atoms with Gasteiger partial charge in [0, 0.05) is 51.4 Å². The SMILES string of the molecule is c1ccc(CN2CCc3nc(CN4CC5CC5C4)ccc3C2)cc1. The summed E-state index contributed by atoms with van der Waals surface area (Å²) in [4.78, 5) is 10.1. The average molecular weight is 319 g/mol. The molecule has 0 spiro atoms.